The monoisotopic (exact) mass is 156 g/mol. The minimum atomic E-state index is 0.314. The average Bonchev–Trinajstić information content (AvgIpc) is 2.42. The maximum Gasteiger partial charge on any atom is 0.314 e. The lowest BCUT2D eigenvalue weighted by atomic mass is 10.3. The van der Waals surface area contributed by atoms with Crippen LogP contribution in [0.1, 0.15) is 25.1 Å². The summed E-state index contributed by atoms with van der Waals surface area (Å²) in [7, 11) is 0. The highest BCUT2D eigenvalue weighted by atomic mass is 32.1. The molecule has 1 aromatic rings. The molecule has 0 bridgehead atoms. The largest absolute Gasteiger partial charge is 0.348 e. The van der Waals surface area contributed by atoms with Gasteiger partial charge >= 0.3 is 4.84 Å². The fraction of sp³-hybridized carbons (Fsp3) is 0.667. The van der Waals surface area contributed by atoms with Crippen molar-refractivity contribution in [1.29, 1.82) is 0 Å². The molecule has 3 nitrogen and oxygen atoms in total. The lowest BCUT2D eigenvalue weighted by Gasteiger charge is -1.83. The Balaban J connectivity index is 2.27. The number of hydrogen-bond acceptors (Lipinski definition) is 3. The number of aromatic nitrogens is 2. The van der Waals surface area contributed by atoms with E-state index in [-0.39, 0.29) is 0 Å². The average molecular weight is 156 g/mol. The summed E-state index contributed by atoms with van der Waals surface area (Å²) in [6.45, 7) is 2.19. The van der Waals surface area contributed by atoms with Crippen molar-refractivity contribution in [2.24, 2.45) is 5.92 Å². The molecule has 1 aliphatic rings. The van der Waals surface area contributed by atoms with Crippen LogP contribution in [0, 0.1) is 10.8 Å². The van der Waals surface area contributed by atoms with E-state index < -0.39 is 0 Å². The smallest absolute Gasteiger partial charge is 0.314 e. The van der Waals surface area contributed by atoms with E-state index in [1.165, 1.54) is 6.42 Å². The Labute approximate surface area is 63.4 Å². The molecule has 0 radical (unpaired) electrons. The van der Waals surface area contributed by atoms with E-state index in [1.54, 1.807) is 0 Å². The van der Waals surface area contributed by atoms with Crippen LogP contribution in [-0.2, 0) is 0 Å². The molecule has 4 heteroatoms. The van der Waals surface area contributed by atoms with Crippen molar-refractivity contribution in [3.05, 3.63) is 10.7 Å². The van der Waals surface area contributed by atoms with E-state index in [0.717, 1.165) is 11.7 Å². The normalized spacial score (nSPS) is 30.5. The molecule has 1 heterocycles. The Bertz CT molecular complexity index is 290. The van der Waals surface area contributed by atoms with Gasteiger partial charge in [0.25, 0.3) is 0 Å². The minimum Gasteiger partial charge on any atom is -0.348 e. The molecule has 0 spiro atoms. The second kappa shape index (κ2) is 1.92. The Morgan fingerprint density at radius 2 is 2.50 bits per heavy atom. The third-order valence-electron chi connectivity index (χ3n) is 1.92. The molecule has 1 saturated carbocycles. The van der Waals surface area contributed by atoms with Crippen molar-refractivity contribution in [2.45, 2.75) is 19.3 Å². The van der Waals surface area contributed by atoms with Gasteiger partial charge in [0.15, 0.2) is 0 Å². The van der Waals surface area contributed by atoms with Gasteiger partial charge in [-0.15, -0.1) is 0 Å². The molecule has 1 N–H and O–H groups in total. The summed E-state index contributed by atoms with van der Waals surface area (Å²) in [6.07, 6.45) is 1.21. The highest BCUT2D eigenvalue weighted by Gasteiger charge is 2.36. The molecule has 1 aromatic heterocycles. The standard InChI is InChI=1S/C6H8N2OS/c1-3-2-4(3)5-7-6(10)9-8-5/h3-4H,2H2,1H3,(H,7,8,10). The van der Waals surface area contributed by atoms with Crippen molar-refractivity contribution in [1.82, 2.24) is 10.1 Å². The van der Waals surface area contributed by atoms with Crippen LogP contribution in [0.2, 0.25) is 0 Å². The van der Waals surface area contributed by atoms with Gasteiger partial charge in [0, 0.05) is 5.92 Å². The zero-order valence-electron chi connectivity index (χ0n) is 5.63. The number of H-pyrrole nitrogens is 1. The maximum atomic E-state index is 4.79. The van der Waals surface area contributed by atoms with Crippen LogP contribution < -0.4 is 0 Å². The van der Waals surface area contributed by atoms with Crippen LogP contribution in [0.5, 0.6) is 0 Å². The fourth-order valence-corrected chi connectivity index (χ4v) is 1.24. The van der Waals surface area contributed by atoms with Gasteiger partial charge in [0.2, 0.25) is 0 Å². The number of nitrogens with zero attached hydrogens (tertiary/aromatic N) is 1. The van der Waals surface area contributed by atoms with Crippen LogP contribution in [-0.4, -0.2) is 10.1 Å². The first-order chi connectivity index (χ1) is 4.77. The summed E-state index contributed by atoms with van der Waals surface area (Å²) in [4.78, 5) is 4.33. The van der Waals surface area contributed by atoms with Crippen molar-refractivity contribution in [3.8, 4) is 0 Å². The summed E-state index contributed by atoms with van der Waals surface area (Å²) in [5.74, 6) is 2.23. The van der Waals surface area contributed by atoms with Gasteiger partial charge in [0.1, 0.15) is 5.82 Å². The molecule has 1 fully saturated rings. The Kier molecular flexibility index (Phi) is 1.17. The molecule has 1 aliphatic carbocycles. The summed E-state index contributed by atoms with van der Waals surface area (Å²) in [5, 5.41) is 2.71. The van der Waals surface area contributed by atoms with Crippen LogP contribution in [0.4, 0.5) is 0 Å². The van der Waals surface area contributed by atoms with E-state index in [4.69, 9.17) is 16.7 Å². The first-order valence-electron chi connectivity index (χ1n) is 3.33. The highest BCUT2D eigenvalue weighted by Crippen LogP contribution is 2.45. The van der Waals surface area contributed by atoms with Crippen molar-refractivity contribution < 1.29 is 4.52 Å². The molecular weight excluding hydrogens is 148 g/mol. The van der Waals surface area contributed by atoms with Crippen LogP contribution in [0.3, 0.4) is 0 Å². The van der Waals surface area contributed by atoms with Crippen molar-refractivity contribution in [2.75, 3.05) is 0 Å². The third-order valence-corrected chi connectivity index (χ3v) is 2.09. The molecule has 0 aromatic carbocycles. The zero-order valence-corrected chi connectivity index (χ0v) is 6.44. The Hall–Kier alpha value is -0.640. The first kappa shape index (κ1) is 6.09. The second-order valence-corrected chi connectivity index (χ2v) is 3.14. The van der Waals surface area contributed by atoms with Gasteiger partial charge in [-0.05, 0) is 24.6 Å². The molecule has 0 saturated heterocycles. The summed E-state index contributed by atoms with van der Waals surface area (Å²) >= 11 is 4.71. The molecule has 2 rings (SSSR count). The van der Waals surface area contributed by atoms with Gasteiger partial charge in [0.05, 0.1) is 0 Å². The van der Waals surface area contributed by atoms with Gasteiger partial charge in [-0.1, -0.05) is 6.92 Å². The molecule has 2 unspecified atom stereocenters. The Morgan fingerprint density at radius 3 is 2.90 bits per heavy atom. The van der Waals surface area contributed by atoms with Gasteiger partial charge in [-0.2, -0.15) is 4.98 Å². The van der Waals surface area contributed by atoms with Gasteiger partial charge in [-0.25, -0.2) is 5.16 Å². The Morgan fingerprint density at radius 1 is 1.80 bits per heavy atom. The molecule has 0 amide bonds. The lowest BCUT2D eigenvalue weighted by molar-refractivity contribution is 0.398. The topological polar surface area (TPSA) is 41.8 Å². The summed E-state index contributed by atoms with van der Waals surface area (Å²) in [5.41, 5.74) is 0. The number of aromatic amines is 1. The zero-order chi connectivity index (χ0) is 7.14. The third kappa shape index (κ3) is 0.883. The molecule has 10 heavy (non-hydrogen) atoms. The number of rotatable bonds is 1. The lowest BCUT2D eigenvalue weighted by Crippen LogP contribution is -1.82. The van der Waals surface area contributed by atoms with E-state index >= 15 is 0 Å². The molecule has 54 valence electrons. The van der Waals surface area contributed by atoms with Crippen LogP contribution in [0.15, 0.2) is 4.52 Å². The van der Waals surface area contributed by atoms with Crippen molar-refractivity contribution >= 4 is 12.2 Å². The van der Waals surface area contributed by atoms with E-state index in [9.17, 15) is 0 Å². The molecule has 0 aliphatic heterocycles. The minimum absolute atomic E-state index is 0.314. The molecule has 2 atom stereocenters. The first-order valence-corrected chi connectivity index (χ1v) is 3.73. The predicted octanol–water partition coefficient (Wildman–Crippen LogP) is 1.86. The summed E-state index contributed by atoms with van der Waals surface area (Å²) < 4.78 is 4.79. The van der Waals surface area contributed by atoms with Gasteiger partial charge in [-0.3, -0.25) is 0 Å². The van der Waals surface area contributed by atoms with Crippen molar-refractivity contribution in [3.63, 3.8) is 0 Å². The van der Waals surface area contributed by atoms with Crippen LogP contribution >= 0.6 is 12.2 Å². The number of hydrogen-bond donors (Lipinski definition) is 1. The second-order valence-electron chi connectivity index (χ2n) is 2.79. The van der Waals surface area contributed by atoms with E-state index in [0.29, 0.717) is 10.8 Å². The quantitative estimate of drug-likeness (QED) is 0.631. The number of nitrogens with one attached hydrogen (secondary N) is 1. The predicted molar refractivity (Wildman–Crippen MR) is 38.2 cm³/mol. The maximum absolute atomic E-state index is 4.79. The van der Waals surface area contributed by atoms with E-state index in [2.05, 4.69) is 17.1 Å². The fourth-order valence-electron chi connectivity index (χ4n) is 1.10. The van der Waals surface area contributed by atoms with E-state index in [1.807, 2.05) is 0 Å². The highest BCUT2D eigenvalue weighted by molar-refractivity contribution is 7.71. The van der Waals surface area contributed by atoms with Gasteiger partial charge < -0.3 is 4.52 Å². The van der Waals surface area contributed by atoms with Crippen LogP contribution in [0.25, 0.3) is 0 Å². The summed E-state index contributed by atoms with van der Waals surface area (Å²) in [6, 6.07) is 0. The SMILES string of the molecule is CC1CC1c1nc(=S)o[nH]1. The molecular formula is C6H8N2OS.